The van der Waals surface area contributed by atoms with Crippen molar-refractivity contribution in [2.45, 2.75) is 0 Å². The van der Waals surface area contributed by atoms with Crippen LogP contribution in [0.4, 0.5) is 0 Å². The molecule has 5 aromatic rings. The van der Waals surface area contributed by atoms with E-state index >= 15 is 0 Å². The second-order valence-corrected chi connectivity index (χ2v) is 9.46. The first-order chi connectivity index (χ1) is 18.2. The topological polar surface area (TPSA) is 36.9 Å². The van der Waals surface area contributed by atoms with E-state index in [0.29, 0.717) is 5.02 Å². The van der Waals surface area contributed by atoms with Crippen molar-refractivity contribution in [1.29, 1.82) is 0 Å². The summed E-state index contributed by atoms with van der Waals surface area (Å²) >= 11 is 6.56. The molecule has 5 heteroatoms. The van der Waals surface area contributed by atoms with Gasteiger partial charge in [0.05, 0.1) is 0 Å². The summed E-state index contributed by atoms with van der Waals surface area (Å²) in [4.78, 5) is 0. The maximum Gasteiger partial charge on any atom is 0.231 e. The summed E-state index contributed by atoms with van der Waals surface area (Å²) in [5.74, 6) is 3.14. The zero-order valence-corrected chi connectivity index (χ0v) is 20.5. The van der Waals surface area contributed by atoms with Gasteiger partial charge in [-0.15, -0.1) is 0 Å². The lowest BCUT2D eigenvalue weighted by molar-refractivity contribution is 0.173. The normalized spacial score (nSPS) is 13.1. The third kappa shape index (κ3) is 4.15. The molecule has 7 rings (SSSR count). The van der Waals surface area contributed by atoms with Crippen molar-refractivity contribution in [1.82, 2.24) is 0 Å². The van der Waals surface area contributed by atoms with Gasteiger partial charge in [-0.05, 0) is 87.0 Å². The van der Waals surface area contributed by atoms with Gasteiger partial charge in [0.25, 0.3) is 0 Å². The van der Waals surface area contributed by atoms with E-state index in [1.165, 1.54) is 0 Å². The first-order valence-corrected chi connectivity index (χ1v) is 12.4. The molecule has 0 atom stereocenters. The van der Waals surface area contributed by atoms with E-state index in [0.717, 1.165) is 67.5 Å². The minimum Gasteiger partial charge on any atom is -0.454 e. The van der Waals surface area contributed by atoms with Crippen LogP contribution in [0.1, 0.15) is 0 Å². The molecular weight excluding hydrogens is 484 g/mol. The summed E-state index contributed by atoms with van der Waals surface area (Å²) in [7, 11) is 0. The summed E-state index contributed by atoms with van der Waals surface area (Å²) in [5, 5.41) is 0.701. The lowest BCUT2D eigenvalue weighted by Gasteiger charge is -2.10. The predicted molar refractivity (Wildman–Crippen MR) is 145 cm³/mol. The van der Waals surface area contributed by atoms with Gasteiger partial charge in [-0.25, -0.2) is 0 Å². The van der Waals surface area contributed by atoms with Crippen LogP contribution in [-0.2, 0) is 0 Å². The van der Waals surface area contributed by atoms with Gasteiger partial charge in [0.1, 0.15) is 0 Å². The van der Waals surface area contributed by atoms with Gasteiger partial charge in [0, 0.05) is 5.02 Å². The van der Waals surface area contributed by atoms with E-state index in [9.17, 15) is 0 Å². The summed E-state index contributed by atoms with van der Waals surface area (Å²) < 4.78 is 21.9. The second kappa shape index (κ2) is 8.91. The minimum atomic E-state index is 0.274. The van der Waals surface area contributed by atoms with Gasteiger partial charge >= 0.3 is 0 Å². The Morgan fingerprint density at radius 3 is 1.14 bits per heavy atom. The molecule has 2 aliphatic heterocycles. The summed E-state index contributed by atoms with van der Waals surface area (Å²) in [6.07, 6.45) is 0. The van der Waals surface area contributed by atoms with E-state index in [2.05, 4.69) is 54.6 Å². The molecule has 0 spiro atoms. The molecule has 0 saturated carbocycles. The van der Waals surface area contributed by atoms with Crippen molar-refractivity contribution in [3.05, 3.63) is 108 Å². The Morgan fingerprint density at radius 1 is 0.351 bits per heavy atom. The average molecular weight is 505 g/mol. The number of benzene rings is 5. The highest BCUT2D eigenvalue weighted by atomic mass is 35.5. The standard InChI is InChI=1S/C32H21ClO4/c33-28-14-26(22-5-1-20(2-6-22)24-9-11-29-31(16-24)36-18-34-29)13-27(15-28)23-7-3-21(4-8-23)25-10-12-30-32(17-25)37-19-35-30/h1-17H,18-19H2. The summed E-state index contributed by atoms with van der Waals surface area (Å²) in [5.41, 5.74) is 8.75. The molecule has 0 unspecified atom stereocenters. The number of hydrogen-bond acceptors (Lipinski definition) is 4. The Balaban J connectivity index is 1.16. The third-order valence-corrected chi connectivity index (χ3v) is 6.96. The number of hydrogen-bond donors (Lipinski definition) is 0. The molecule has 0 amide bonds. The smallest absolute Gasteiger partial charge is 0.231 e. The third-order valence-electron chi connectivity index (χ3n) is 6.75. The van der Waals surface area contributed by atoms with Crippen LogP contribution in [-0.4, -0.2) is 13.6 Å². The number of rotatable bonds is 4. The van der Waals surface area contributed by atoms with E-state index in [1.54, 1.807) is 0 Å². The summed E-state index contributed by atoms with van der Waals surface area (Å²) in [6.45, 7) is 0.548. The monoisotopic (exact) mass is 504 g/mol. The van der Waals surface area contributed by atoms with Crippen LogP contribution >= 0.6 is 11.6 Å². The second-order valence-electron chi connectivity index (χ2n) is 9.02. The van der Waals surface area contributed by atoms with Crippen LogP contribution in [0.5, 0.6) is 23.0 Å². The number of fused-ring (bicyclic) bond motifs is 2. The van der Waals surface area contributed by atoms with Gasteiger partial charge in [-0.3, -0.25) is 0 Å². The molecule has 180 valence electrons. The maximum absolute atomic E-state index is 6.56. The molecule has 0 N–H and O–H groups in total. The zero-order valence-electron chi connectivity index (χ0n) is 19.7. The van der Waals surface area contributed by atoms with Crippen LogP contribution in [0.3, 0.4) is 0 Å². The van der Waals surface area contributed by atoms with Crippen molar-refractivity contribution in [2.24, 2.45) is 0 Å². The first kappa shape index (κ1) is 21.8. The first-order valence-electron chi connectivity index (χ1n) is 12.0. The molecule has 37 heavy (non-hydrogen) atoms. The van der Waals surface area contributed by atoms with Crippen LogP contribution in [0.2, 0.25) is 5.02 Å². The molecule has 0 fully saturated rings. The molecule has 4 nitrogen and oxygen atoms in total. The number of halogens is 1. The highest BCUT2D eigenvalue weighted by Gasteiger charge is 2.15. The van der Waals surface area contributed by atoms with Gasteiger partial charge in [-0.2, -0.15) is 0 Å². The molecule has 2 aliphatic rings. The predicted octanol–water partition coefficient (Wildman–Crippen LogP) is 8.47. The molecular formula is C32H21ClO4. The van der Waals surface area contributed by atoms with E-state index in [4.69, 9.17) is 30.5 Å². The average Bonchev–Trinajstić information content (AvgIpc) is 3.61. The molecule has 0 saturated heterocycles. The van der Waals surface area contributed by atoms with Gasteiger partial charge in [-0.1, -0.05) is 72.3 Å². The van der Waals surface area contributed by atoms with Crippen molar-refractivity contribution in [2.75, 3.05) is 13.6 Å². The minimum absolute atomic E-state index is 0.274. The molecule has 5 aromatic carbocycles. The maximum atomic E-state index is 6.56. The Bertz CT molecular complexity index is 1510. The lowest BCUT2D eigenvalue weighted by atomic mass is 9.96. The molecule has 0 aliphatic carbocycles. The van der Waals surface area contributed by atoms with E-state index in [1.807, 2.05) is 48.5 Å². The fourth-order valence-electron chi connectivity index (χ4n) is 4.79. The highest BCUT2D eigenvalue weighted by Crippen LogP contribution is 2.38. The van der Waals surface area contributed by atoms with E-state index < -0.39 is 0 Å². The lowest BCUT2D eigenvalue weighted by Crippen LogP contribution is -1.92. The Labute approximate surface area is 219 Å². The van der Waals surface area contributed by atoms with Crippen molar-refractivity contribution in [3.8, 4) is 67.5 Å². The molecule has 0 aromatic heterocycles. The van der Waals surface area contributed by atoms with Crippen molar-refractivity contribution >= 4 is 11.6 Å². The van der Waals surface area contributed by atoms with Crippen LogP contribution < -0.4 is 18.9 Å². The van der Waals surface area contributed by atoms with Crippen molar-refractivity contribution in [3.63, 3.8) is 0 Å². The van der Waals surface area contributed by atoms with Crippen LogP contribution in [0.25, 0.3) is 44.5 Å². The fraction of sp³-hybridized carbons (Fsp3) is 0.0625. The van der Waals surface area contributed by atoms with E-state index in [-0.39, 0.29) is 13.6 Å². The van der Waals surface area contributed by atoms with Gasteiger partial charge < -0.3 is 18.9 Å². The SMILES string of the molecule is Clc1cc(-c2ccc(-c3ccc4c(c3)OCO4)cc2)cc(-c2ccc(-c3ccc4c(c3)OCO4)cc2)c1. The largest absolute Gasteiger partial charge is 0.454 e. The Kier molecular flexibility index (Phi) is 5.26. The highest BCUT2D eigenvalue weighted by molar-refractivity contribution is 6.31. The Hall–Kier alpha value is -4.41. The summed E-state index contributed by atoms with van der Waals surface area (Å²) in [6, 6.07) is 35.2. The molecule has 0 bridgehead atoms. The van der Waals surface area contributed by atoms with Gasteiger partial charge in [0.2, 0.25) is 13.6 Å². The number of ether oxygens (including phenoxy) is 4. The molecule has 0 radical (unpaired) electrons. The molecule has 2 heterocycles. The zero-order chi connectivity index (χ0) is 24.8. The Morgan fingerprint density at radius 2 is 0.703 bits per heavy atom. The van der Waals surface area contributed by atoms with Crippen LogP contribution in [0.15, 0.2) is 103 Å². The quantitative estimate of drug-likeness (QED) is 0.246. The van der Waals surface area contributed by atoms with Gasteiger partial charge in [0.15, 0.2) is 23.0 Å². The van der Waals surface area contributed by atoms with Crippen molar-refractivity contribution < 1.29 is 18.9 Å². The fourth-order valence-corrected chi connectivity index (χ4v) is 5.02. The van der Waals surface area contributed by atoms with Crippen LogP contribution in [0, 0.1) is 0 Å².